The summed E-state index contributed by atoms with van der Waals surface area (Å²) >= 11 is 6.13. The average molecular weight is 327 g/mol. The molecule has 2 rings (SSSR count). The number of nitrogens with zero attached hydrogens (tertiary/aromatic N) is 1. The zero-order valence-electron chi connectivity index (χ0n) is 12.8. The fraction of sp³-hybridized carbons (Fsp3) is 0.562. The van der Waals surface area contributed by atoms with Crippen molar-refractivity contribution in [3.05, 3.63) is 23.2 Å². The topological polar surface area (TPSA) is 61.8 Å². The van der Waals surface area contributed by atoms with Gasteiger partial charge in [-0.3, -0.25) is 0 Å². The number of urea groups is 1. The van der Waals surface area contributed by atoms with E-state index in [0.717, 1.165) is 19.3 Å². The zero-order valence-corrected chi connectivity index (χ0v) is 13.6. The highest BCUT2D eigenvalue weighted by atomic mass is 35.5. The Morgan fingerprint density at radius 3 is 2.82 bits per heavy atom. The number of ether oxygens (including phenoxy) is 1. The lowest BCUT2D eigenvalue weighted by Crippen LogP contribution is -2.37. The number of benzene rings is 1. The normalized spacial score (nSPS) is 13.8. The average Bonchev–Trinajstić information content (AvgIpc) is 3.31. The van der Waals surface area contributed by atoms with E-state index in [-0.39, 0.29) is 12.6 Å². The molecule has 122 valence electrons. The summed E-state index contributed by atoms with van der Waals surface area (Å²) in [7, 11) is 0. The summed E-state index contributed by atoms with van der Waals surface area (Å²) in [6.45, 7) is 3.27. The summed E-state index contributed by atoms with van der Waals surface area (Å²) in [5.41, 5.74) is 0.659. The Morgan fingerprint density at radius 1 is 1.45 bits per heavy atom. The molecule has 2 N–H and O–H groups in total. The molecule has 1 fully saturated rings. The van der Waals surface area contributed by atoms with E-state index in [0.29, 0.717) is 42.1 Å². The smallest absolute Gasteiger partial charge is 0.322 e. The second kappa shape index (κ2) is 8.25. The highest BCUT2D eigenvalue weighted by Gasteiger charge is 2.32. The van der Waals surface area contributed by atoms with Crippen LogP contribution in [-0.4, -0.2) is 41.8 Å². The minimum absolute atomic E-state index is 0.110. The van der Waals surface area contributed by atoms with Crippen molar-refractivity contribution in [2.45, 2.75) is 38.6 Å². The number of rotatable bonds is 8. The van der Waals surface area contributed by atoms with Gasteiger partial charge in [0.15, 0.2) is 0 Å². The summed E-state index contributed by atoms with van der Waals surface area (Å²) in [5, 5.41) is 12.2. The van der Waals surface area contributed by atoms with Crippen LogP contribution in [0, 0.1) is 0 Å². The maximum atomic E-state index is 12.4. The van der Waals surface area contributed by atoms with Crippen molar-refractivity contribution in [3.8, 4) is 5.75 Å². The van der Waals surface area contributed by atoms with Crippen LogP contribution >= 0.6 is 11.6 Å². The summed E-state index contributed by atoms with van der Waals surface area (Å²) in [6.07, 6.45) is 3.63. The number of aliphatic hydroxyl groups excluding tert-OH is 1. The van der Waals surface area contributed by atoms with Crippen molar-refractivity contribution in [1.29, 1.82) is 0 Å². The molecule has 5 nitrogen and oxygen atoms in total. The fourth-order valence-corrected chi connectivity index (χ4v) is 2.51. The molecule has 0 aromatic heterocycles. The van der Waals surface area contributed by atoms with Crippen LogP contribution < -0.4 is 10.1 Å². The third-order valence-electron chi connectivity index (χ3n) is 3.54. The molecule has 0 heterocycles. The molecule has 22 heavy (non-hydrogen) atoms. The molecule has 0 unspecified atom stereocenters. The molecule has 1 aliphatic carbocycles. The maximum Gasteiger partial charge on any atom is 0.322 e. The second-order valence-electron chi connectivity index (χ2n) is 5.36. The molecule has 1 aliphatic rings. The number of unbranched alkanes of at least 4 members (excludes halogenated alkanes) is 1. The van der Waals surface area contributed by atoms with Crippen molar-refractivity contribution in [2.75, 3.05) is 25.1 Å². The Morgan fingerprint density at radius 2 is 2.23 bits per heavy atom. The molecule has 1 saturated carbocycles. The highest BCUT2D eigenvalue weighted by molar-refractivity contribution is 6.32. The number of carbonyl (C=O) groups is 1. The third-order valence-corrected chi connectivity index (χ3v) is 3.83. The van der Waals surface area contributed by atoms with E-state index in [9.17, 15) is 4.79 Å². The SMILES string of the molecule is CCOc1ccc(NC(=O)N(CCCCO)C2CC2)cc1Cl. The number of anilines is 1. The van der Waals surface area contributed by atoms with Crippen molar-refractivity contribution in [1.82, 2.24) is 4.90 Å². The van der Waals surface area contributed by atoms with Gasteiger partial charge in [0.05, 0.1) is 11.6 Å². The van der Waals surface area contributed by atoms with Gasteiger partial charge in [-0.15, -0.1) is 0 Å². The fourth-order valence-electron chi connectivity index (χ4n) is 2.28. The number of aliphatic hydroxyl groups is 1. The van der Waals surface area contributed by atoms with E-state index in [1.54, 1.807) is 18.2 Å². The number of amides is 2. The van der Waals surface area contributed by atoms with Gasteiger partial charge in [0.1, 0.15) is 5.75 Å². The number of carbonyl (C=O) groups excluding carboxylic acids is 1. The molecular weight excluding hydrogens is 304 g/mol. The molecule has 0 radical (unpaired) electrons. The molecule has 1 aromatic carbocycles. The molecule has 0 aliphatic heterocycles. The summed E-state index contributed by atoms with van der Waals surface area (Å²) < 4.78 is 5.38. The monoisotopic (exact) mass is 326 g/mol. The molecule has 0 saturated heterocycles. The Balaban J connectivity index is 1.95. The third kappa shape index (κ3) is 4.78. The van der Waals surface area contributed by atoms with Gasteiger partial charge in [0.25, 0.3) is 0 Å². The van der Waals surface area contributed by atoms with Gasteiger partial charge in [0.2, 0.25) is 0 Å². The van der Waals surface area contributed by atoms with Crippen LogP contribution in [0.25, 0.3) is 0 Å². The molecule has 0 atom stereocenters. The van der Waals surface area contributed by atoms with Crippen LogP contribution in [0.3, 0.4) is 0 Å². The van der Waals surface area contributed by atoms with Gasteiger partial charge >= 0.3 is 6.03 Å². The minimum atomic E-state index is -0.110. The van der Waals surface area contributed by atoms with E-state index in [1.807, 2.05) is 11.8 Å². The van der Waals surface area contributed by atoms with Crippen molar-refractivity contribution in [2.24, 2.45) is 0 Å². The number of halogens is 1. The van der Waals surface area contributed by atoms with Gasteiger partial charge in [-0.1, -0.05) is 11.6 Å². The van der Waals surface area contributed by atoms with Crippen LogP contribution in [-0.2, 0) is 0 Å². The van der Waals surface area contributed by atoms with Crippen molar-refractivity contribution < 1.29 is 14.6 Å². The molecular formula is C16H23ClN2O3. The van der Waals surface area contributed by atoms with Gasteiger partial charge in [-0.2, -0.15) is 0 Å². The first kappa shape index (κ1) is 16.9. The molecule has 0 spiro atoms. The molecule has 6 heteroatoms. The Hall–Kier alpha value is -1.46. The van der Waals surface area contributed by atoms with Gasteiger partial charge in [-0.05, 0) is 50.8 Å². The van der Waals surface area contributed by atoms with E-state index in [1.165, 1.54) is 0 Å². The predicted octanol–water partition coefficient (Wildman–Crippen LogP) is 3.51. The Labute approximate surface area is 136 Å². The van der Waals surface area contributed by atoms with Gasteiger partial charge in [0, 0.05) is 24.9 Å². The first-order valence-electron chi connectivity index (χ1n) is 7.76. The largest absolute Gasteiger partial charge is 0.492 e. The Bertz CT molecular complexity index is 506. The lowest BCUT2D eigenvalue weighted by atomic mass is 10.3. The van der Waals surface area contributed by atoms with Crippen LogP contribution in [0.15, 0.2) is 18.2 Å². The van der Waals surface area contributed by atoms with Crippen molar-refractivity contribution in [3.63, 3.8) is 0 Å². The summed E-state index contributed by atoms with van der Waals surface area (Å²) in [5.74, 6) is 0.615. The maximum absolute atomic E-state index is 12.4. The van der Waals surface area contributed by atoms with Gasteiger partial charge < -0.3 is 20.1 Å². The van der Waals surface area contributed by atoms with Gasteiger partial charge in [-0.25, -0.2) is 4.79 Å². The first-order chi connectivity index (χ1) is 10.7. The quantitative estimate of drug-likeness (QED) is 0.719. The van der Waals surface area contributed by atoms with E-state index < -0.39 is 0 Å². The van der Waals surface area contributed by atoms with Crippen LogP contribution in [0.2, 0.25) is 5.02 Å². The predicted molar refractivity (Wildman–Crippen MR) is 87.7 cm³/mol. The van der Waals surface area contributed by atoms with Crippen LogP contribution in [0.5, 0.6) is 5.75 Å². The summed E-state index contributed by atoms with van der Waals surface area (Å²) in [4.78, 5) is 14.2. The second-order valence-corrected chi connectivity index (χ2v) is 5.77. The van der Waals surface area contributed by atoms with E-state index in [2.05, 4.69) is 5.32 Å². The number of nitrogens with one attached hydrogen (secondary N) is 1. The lowest BCUT2D eigenvalue weighted by Gasteiger charge is -2.23. The minimum Gasteiger partial charge on any atom is -0.492 e. The van der Waals surface area contributed by atoms with Crippen LogP contribution in [0.4, 0.5) is 10.5 Å². The first-order valence-corrected chi connectivity index (χ1v) is 8.14. The number of hydrogen-bond donors (Lipinski definition) is 2. The van der Waals surface area contributed by atoms with Crippen LogP contribution in [0.1, 0.15) is 32.6 Å². The van der Waals surface area contributed by atoms with Crippen molar-refractivity contribution >= 4 is 23.3 Å². The zero-order chi connectivity index (χ0) is 15.9. The molecule has 1 aromatic rings. The summed E-state index contributed by atoms with van der Waals surface area (Å²) in [6, 6.07) is 5.46. The van der Waals surface area contributed by atoms with E-state index in [4.69, 9.17) is 21.4 Å². The highest BCUT2D eigenvalue weighted by Crippen LogP contribution is 2.30. The number of hydrogen-bond acceptors (Lipinski definition) is 3. The standard InChI is InChI=1S/C16H23ClN2O3/c1-2-22-15-8-5-12(11-14(15)17)18-16(21)19(13-6-7-13)9-3-4-10-20/h5,8,11,13,20H,2-4,6-7,9-10H2,1H3,(H,18,21). The Kier molecular flexibility index (Phi) is 6.34. The lowest BCUT2D eigenvalue weighted by molar-refractivity contribution is 0.204. The van der Waals surface area contributed by atoms with E-state index >= 15 is 0 Å². The molecule has 2 amide bonds. The molecule has 0 bridgehead atoms.